The van der Waals surface area contributed by atoms with Gasteiger partial charge >= 0.3 is 12.1 Å². The average molecular weight is 328 g/mol. The number of aromatic nitrogens is 2. The lowest BCUT2D eigenvalue weighted by Crippen LogP contribution is -2.56. The van der Waals surface area contributed by atoms with Crippen LogP contribution in [0.15, 0.2) is 4.42 Å². The fraction of sp³-hybridized carbons (Fsp3) is 0.700. The number of nitrogens with zero attached hydrogens (tertiary/aromatic N) is 2. The summed E-state index contributed by atoms with van der Waals surface area (Å²) in [5.41, 5.74) is 0. The summed E-state index contributed by atoms with van der Waals surface area (Å²) in [6, 6.07) is 0. The van der Waals surface area contributed by atoms with Crippen LogP contribution in [0.4, 0.5) is 13.2 Å². The number of esters is 1. The average Bonchev–Trinajstić information content (AvgIpc) is 2.84. The molecule has 1 aromatic heterocycles. The number of alkyl halides is 3. The molecule has 0 aliphatic carbocycles. The van der Waals surface area contributed by atoms with Crippen LogP contribution in [0.1, 0.15) is 17.9 Å². The number of ether oxygens (including phenoxy) is 2. The van der Waals surface area contributed by atoms with Gasteiger partial charge in [-0.3, -0.25) is 0 Å². The van der Waals surface area contributed by atoms with Crippen molar-refractivity contribution in [1.82, 2.24) is 10.2 Å². The van der Waals surface area contributed by atoms with Gasteiger partial charge in [0.25, 0.3) is 0 Å². The second kappa shape index (κ2) is 5.79. The molecule has 1 unspecified atom stereocenters. The molecule has 22 heavy (non-hydrogen) atoms. The third kappa shape index (κ3) is 3.19. The molecular formula is C10H11F3N2O7. The Morgan fingerprint density at radius 1 is 1.18 bits per heavy atom. The molecule has 0 amide bonds. The molecule has 2 heterocycles. The lowest BCUT2D eigenvalue weighted by molar-refractivity contribution is -0.304. The third-order valence-electron chi connectivity index (χ3n) is 2.81. The van der Waals surface area contributed by atoms with Crippen molar-refractivity contribution in [2.45, 2.75) is 43.8 Å². The molecule has 0 bridgehead atoms. The largest absolute Gasteiger partial charge is 0.491 e. The molecule has 1 aromatic rings. The van der Waals surface area contributed by atoms with Crippen molar-refractivity contribution in [1.29, 1.82) is 0 Å². The first kappa shape index (κ1) is 16.6. The van der Waals surface area contributed by atoms with E-state index in [0.717, 1.165) is 0 Å². The lowest BCUT2D eigenvalue weighted by Gasteiger charge is -2.38. The molecule has 3 N–H and O–H groups in total. The van der Waals surface area contributed by atoms with Crippen molar-refractivity contribution < 1.29 is 47.2 Å². The summed E-state index contributed by atoms with van der Waals surface area (Å²) in [5.74, 6) is -2.92. The second-order valence-corrected chi connectivity index (χ2v) is 4.46. The maximum Gasteiger partial charge on any atom is 0.491 e. The second-order valence-electron chi connectivity index (χ2n) is 4.46. The van der Waals surface area contributed by atoms with Gasteiger partial charge in [-0.05, 0) is 0 Å². The van der Waals surface area contributed by atoms with E-state index in [0.29, 0.717) is 0 Å². The van der Waals surface area contributed by atoms with Crippen LogP contribution in [0.3, 0.4) is 0 Å². The van der Waals surface area contributed by atoms with Crippen LogP contribution in [-0.4, -0.2) is 62.3 Å². The molecule has 1 saturated heterocycles. The number of aliphatic hydroxyl groups excluding tert-OH is 3. The van der Waals surface area contributed by atoms with Gasteiger partial charge in [-0.15, -0.1) is 10.2 Å². The quantitative estimate of drug-likeness (QED) is 0.582. The van der Waals surface area contributed by atoms with Crippen molar-refractivity contribution in [3.05, 3.63) is 11.8 Å². The molecule has 0 radical (unpaired) electrons. The number of halogens is 3. The van der Waals surface area contributed by atoms with Gasteiger partial charge in [0.15, 0.2) is 6.10 Å². The number of rotatable bonds is 2. The van der Waals surface area contributed by atoms with E-state index in [4.69, 9.17) is 9.15 Å². The third-order valence-corrected chi connectivity index (χ3v) is 2.81. The first-order valence-corrected chi connectivity index (χ1v) is 5.88. The minimum Gasteiger partial charge on any atom is -0.426 e. The molecular weight excluding hydrogens is 317 g/mol. The topological polar surface area (TPSA) is 135 Å². The predicted octanol–water partition coefficient (Wildman–Crippen LogP) is -1.04. The standard InChI is InChI=1S/C10H11F3N2O7/c1-2-14-15-7(20-2)6-4(17)3(16)5(18)8(21-6)22-9(19)10(11,12)13/h3-6,8,16-18H,1H3/t3-,4-,5+,6?,8-/m0/s1. The molecule has 1 aliphatic heterocycles. The summed E-state index contributed by atoms with van der Waals surface area (Å²) in [7, 11) is 0. The molecule has 12 heteroatoms. The van der Waals surface area contributed by atoms with Gasteiger partial charge in [-0.25, -0.2) is 4.79 Å². The molecule has 9 nitrogen and oxygen atoms in total. The highest BCUT2D eigenvalue weighted by Crippen LogP contribution is 2.33. The Kier molecular flexibility index (Phi) is 4.37. The molecule has 124 valence electrons. The zero-order valence-corrected chi connectivity index (χ0v) is 10.9. The highest BCUT2D eigenvalue weighted by molar-refractivity contribution is 5.75. The Labute approximate surface area is 120 Å². The summed E-state index contributed by atoms with van der Waals surface area (Å²) in [5, 5.41) is 35.8. The van der Waals surface area contributed by atoms with Crippen LogP contribution in [-0.2, 0) is 14.3 Å². The molecule has 2 rings (SSSR count). The van der Waals surface area contributed by atoms with Gasteiger partial charge in [0.05, 0.1) is 0 Å². The number of carbonyl (C=O) groups is 1. The van der Waals surface area contributed by atoms with Crippen LogP contribution in [0.5, 0.6) is 0 Å². The molecule has 1 aliphatic rings. The summed E-state index contributed by atoms with van der Waals surface area (Å²) in [4.78, 5) is 10.8. The van der Waals surface area contributed by atoms with Gasteiger partial charge in [0.1, 0.15) is 18.3 Å². The van der Waals surface area contributed by atoms with Crippen molar-refractivity contribution in [2.75, 3.05) is 0 Å². The van der Waals surface area contributed by atoms with E-state index < -0.39 is 42.9 Å². The molecule has 0 spiro atoms. The number of aliphatic hydroxyl groups is 3. The summed E-state index contributed by atoms with van der Waals surface area (Å²) in [6.07, 6.45) is -14.9. The van der Waals surface area contributed by atoms with Gasteiger partial charge in [0.2, 0.25) is 18.1 Å². The Hall–Kier alpha value is -1.76. The zero-order valence-electron chi connectivity index (χ0n) is 10.9. The van der Waals surface area contributed by atoms with E-state index >= 15 is 0 Å². The maximum atomic E-state index is 12.2. The van der Waals surface area contributed by atoms with E-state index in [1.54, 1.807) is 0 Å². The van der Waals surface area contributed by atoms with Gasteiger partial charge < -0.3 is 29.2 Å². The highest BCUT2D eigenvalue weighted by Gasteiger charge is 2.51. The normalized spacial score (nSPS) is 32.8. The van der Waals surface area contributed by atoms with Crippen molar-refractivity contribution >= 4 is 5.97 Å². The fourth-order valence-electron chi connectivity index (χ4n) is 1.75. The molecule has 5 atom stereocenters. The minimum absolute atomic E-state index is 0.0650. The first-order valence-electron chi connectivity index (χ1n) is 5.88. The SMILES string of the molecule is Cc1nnc(C2O[C@@H](OC(=O)C(F)(F)F)[C@H](O)[C@@H](O)[C@@H]2O)o1. The minimum atomic E-state index is -5.32. The zero-order chi connectivity index (χ0) is 16.7. The molecule has 0 aromatic carbocycles. The Bertz CT molecular complexity index is 549. The van der Waals surface area contributed by atoms with Gasteiger partial charge in [-0.2, -0.15) is 13.2 Å². The smallest absolute Gasteiger partial charge is 0.426 e. The van der Waals surface area contributed by atoms with Crippen LogP contribution in [0.2, 0.25) is 0 Å². The Balaban J connectivity index is 2.19. The van der Waals surface area contributed by atoms with Crippen LogP contribution in [0, 0.1) is 6.92 Å². The van der Waals surface area contributed by atoms with E-state index in [-0.39, 0.29) is 11.8 Å². The lowest BCUT2D eigenvalue weighted by atomic mass is 9.99. The fourth-order valence-corrected chi connectivity index (χ4v) is 1.75. The number of aryl methyl sites for hydroxylation is 1. The summed E-state index contributed by atoms with van der Waals surface area (Å²) in [6.45, 7) is 1.40. The highest BCUT2D eigenvalue weighted by atomic mass is 19.4. The van der Waals surface area contributed by atoms with Crippen molar-refractivity contribution in [2.24, 2.45) is 0 Å². The first-order chi connectivity index (χ1) is 10.1. The van der Waals surface area contributed by atoms with E-state index in [9.17, 15) is 33.3 Å². The predicted molar refractivity (Wildman–Crippen MR) is 56.8 cm³/mol. The van der Waals surface area contributed by atoms with E-state index in [1.807, 2.05) is 0 Å². The van der Waals surface area contributed by atoms with Gasteiger partial charge in [-0.1, -0.05) is 0 Å². The molecule has 0 saturated carbocycles. The summed E-state index contributed by atoms with van der Waals surface area (Å²) < 4.78 is 50.2. The number of carbonyl (C=O) groups excluding carboxylic acids is 1. The van der Waals surface area contributed by atoms with Crippen LogP contribution >= 0.6 is 0 Å². The van der Waals surface area contributed by atoms with Gasteiger partial charge in [0, 0.05) is 6.92 Å². The van der Waals surface area contributed by atoms with Crippen molar-refractivity contribution in [3.8, 4) is 0 Å². The number of hydrogen-bond donors (Lipinski definition) is 3. The van der Waals surface area contributed by atoms with Crippen LogP contribution < -0.4 is 0 Å². The summed E-state index contributed by atoms with van der Waals surface area (Å²) >= 11 is 0. The number of hydrogen-bond acceptors (Lipinski definition) is 9. The van der Waals surface area contributed by atoms with Crippen molar-refractivity contribution in [3.63, 3.8) is 0 Å². The molecule has 1 fully saturated rings. The van der Waals surface area contributed by atoms with Crippen LogP contribution in [0.25, 0.3) is 0 Å². The monoisotopic (exact) mass is 328 g/mol. The Morgan fingerprint density at radius 2 is 1.82 bits per heavy atom. The van der Waals surface area contributed by atoms with E-state index in [2.05, 4.69) is 14.9 Å². The maximum absolute atomic E-state index is 12.2. The Morgan fingerprint density at radius 3 is 2.32 bits per heavy atom. The van der Waals surface area contributed by atoms with E-state index in [1.165, 1.54) is 6.92 Å².